The maximum atomic E-state index is 13.1. The summed E-state index contributed by atoms with van der Waals surface area (Å²) in [6, 6.07) is 5.42. The molecule has 27 heavy (non-hydrogen) atoms. The Morgan fingerprint density at radius 1 is 1.26 bits per heavy atom. The van der Waals surface area contributed by atoms with E-state index in [2.05, 4.69) is 0 Å². The van der Waals surface area contributed by atoms with E-state index in [1.54, 1.807) is 16.9 Å². The zero-order valence-corrected chi connectivity index (χ0v) is 16.0. The number of aliphatic carboxylic acids is 1. The van der Waals surface area contributed by atoms with E-state index in [1.165, 1.54) is 0 Å². The standard InChI is InChI=1S/C20H26N2O5/c1-12-5-4-6-17(13(12)2)22-10-14(7-18(22)23)20(26)21-11-16(27-3)8-15(21)9-19(24)25/h4-6,14-16H,7-11H2,1-3H3,(H,24,25). The van der Waals surface area contributed by atoms with Crippen molar-refractivity contribution in [3.63, 3.8) is 0 Å². The van der Waals surface area contributed by atoms with Crippen LogP contribution < -0.4 is 4.90 Å². The van der Waals surface area contributed by atoms with Crippen molar-refractivity contribution in [3.05, 3.63) is 29.3 Å². The van der Waals surface area contributed by atoms with Crippen LogP contribution in [-0.2, 0) is 19.1 Å². The highest BCUT2D eigenvalue weighted by molar-refractivity contribution is 6.01. The number of benzene rings is 1. The number of ether oxygens (including phenoxy) is 1. The molecular formula is C20H26N2O5. The fourth-order valence-electron chi connectivity index (χ4n) is 4.08. The number of aryl methyl sites for hydroxylation is 1. The Morgan fingerprint density at radius 3 is 2.67 bits per heavy atom. The second kappa shape index (κ2) is 7.68. The van der Waals surface area contributed by atoms with Gasteiger partial charge in [-0.05, 0) is 37.5 Å². The number of nitrogens with zero attached hydrogens (tertiary/aromatic N) is 2. The number of methoxy groups -OCH3 is 1. The lowest BCUT2D eigenvalue weighted by Crippen LogP contribution is -2.42. The van der Waals surface area contributed by atoms with Gasteiger partial charge in [0.1, 0.15) is 0 Å². The SMILES string of the molecule is COC1CC(CC(=O)O)N(C(=O)C2CC(=O)N(c3cccc(C)c3C)C2)C1. The van der Waals surface area contributed by atoms with E-state index in [0.29, 0.717) is 19.5 Å². The smallest absolute Gasteiger partial charge is 0.305 e. The van der Waals surface area contributed by atoms with Crippen molar-refractivity contribution >= 4 is 23.5 Å². The van der Waals surface area contributed by atoms with E-state index in [0.717, 1.165) is 16.8 Å². The fraction of sp³-hybridized carbons (Fsp3) is 0.550. The van der Waals surface area contributed by atoms with Crippen LogP contribution in [0.3, 0.4) is 0 Å². The highest BCUT2D eigenvalue weighted by Gasteiger charge is 2.43. The molecule has 0 bridgehead atoms. The number of hydrogen-bond donors (Lipinski definition) is 1. The quantitative estimate of drug-likeness (QED) is 0.848. The van der Waals surface area contributed by atoms with Gasteiger partial charge in [-0.1, -0.05) is 12.1 Å². The molecule has 3 unspecified atom stereocenters. The van der Waals surface area contributed by atoms with Crippen LogP contribution in [0.2, 0.25) is 0 Å². The Labute approximate surface area is 158 Å². The highest BCUT2D eigenvalue weighted by Crippen LogP contribution is 2.32. The molecule has 0 radical (unpaired) electrons. The third-order valence-corrected chi connectivity index (χ3v) is 5.74. The molecule has 7 heteroatoms. The third-order valence-electron chi connectivity index (χ3n) is 5.74. The van der Waals surface area contributed by atoms with Gasteiger partial charge in [-0.2, -0.15) is 0 Å². The lowest BCUT2D eigenvalue weighted by Gasteiger charge is -2.26. The summed E-state index contributed by atoms with van der Waals surface area (Å²) < 4.78 is 5.34. The monoisotopic (exact) mass is 374 g/mol. The molecule has 2 saturated heterocycles. The maximum absolute atomic E-state index is 13.1. The Hall–Kier alpha value is -2.41. The van der Waals surface area contributed by atoms with Crippen molar-refractivity contribution in [3.8, 4) is 0 Å². The lowest BCUT2D eigenvalue weighted by atomic mass is 10.1. The van der Waals surface area contributed by atoms with E-state index in [1.807, 2.05) is 32.0 Å². The first-order valence-electron chi connectivity index (χ1n) is 9.23. The maximum Gasteiger partial charge on any atom is 0.305 e. The molecule has 2 fully saturated rings. The first-order valence-corrected chi connectivity index (χ1v) is 9.23. The number of rotatable bonds is 5. The van der Waals surface area contributed by atoms with Crippen molar-refractivity contribution in [2.24, 2.45) is 5.92 Å². The van der Waals surface area contributed by atoms with E-state index in [4.69, 9.17) is 9.84 Å². The minimum absolute atomic E-state index is 0.0701. The molecule has 0 spiro atoms. The summed E-state index contributed by atoms with van der Waals surface area (Å²) in [6.07, 6.45) is 0.397. The third kappa shape index (κ3) is 3.83. The van der Waals surface area contributed by atoms with Crippen LogP contribution in [0.15, 0.2) is 18.2 Å². The number of hydrogen-bond acceptors (Lipinski definition) is 4. The molecule has 2 aliphatic heterocycles. The van der Waals surface area contributed by atoms with Gasteiger partial charge < -0.3 is 19.6 Å². The normalized spacial score (nSPS) is 25.3. The van der Waals surface area contributed by atoms with Crippen molar-refractivity contribution in [2.45, 2.75) is 45.3 Å². The molecule has 1 aromatic carbocycles. The number of likely N-dealkylation sites (tertiary alicyclic amines) is 1. The lowest BCUT2D eigenvalue weighted by molar-refractivity contribution is -0.141. The summed E-state index contributed by atoms with van der Waals surface area (Å²) in [5, 5.41) is 9.15. The summed E-state index contributed by atoms with van der Waals surface area (Å²) in [6.45, 7) is 4.67. The van der Waals surface area contributed by atoms with E-state index >= 15 is 0 Å². The molecule has 3 atom stereocenters. The molecular weight excluding hydrogens is 348 g/mol. The van der Waals surface area contributed by atoms with Gasteiger partial charge in [0.2, 0.25) is 11.8 Å². The molecule has 146 valence electrons. The molecule has 0 aliphatic carbocycles. The highest BCUT2D eigenvalue weighted by atomic mass is 16.5. The number of anilines is 1. The molecule has 2 heterocycles. The number of carboxylic acid groups (broad SMARTS) is 1. The second-order valence-corrected chi connectivity index (χ2v) is 7.46. The van der Waals surface area contributed by atoms with Crippen LogP contribution in [0.5, 0.6) is 0 Å². The zero-order chi connectivity index (χ0) is 19.7. The van der Waals surface area contributed by atoms with Gasteiger partial charge in [0.05, 0.1) is 18.4 Å². The van der Waals surface area contributed by atoms with Gasteiger partial charge in [0.15, 0.2) is 0 Å². The predicted molar refractivity (Wildman–Crippen MR) is 99.5 cm³/mol. The van der Waals surface area contributed by atoms with Crippen LogP contribution >= 0.6 is 0 Å². The predicted octanol–water partition coefficient (Wildman–Crippen LogP) is 1.75. The van der Waals surface area contributed by atoms with Crippen molar-refractivity contribution in [2.75, 3.05) is 25.1 Å². The molecule has 1 aromatic rings. The minimum Gasteiger partial charge on any atom is -0.481 e. The second-order valence-electron chi connectivity index (χ2n) is 7.46. The van der Waals surface area contributed by atoms with E-state index in [9.17, 15) is 14.4 Å². The largest absolute Gasteiger partial charge is 0.481 e. The average molecular weight is 374 g/mol. The van der Waals surface area contributed by atoms with Crippen LogP contribution in [0.1, 0.15) is 30.4 Å². The first kappa shape index (κ1) is 19.4. The van der Waals surface area contributed by atoms with E-state index in [-0.39, 0.29) is 36.8 Å². The van der Waals surface area contributed by atoms with Gasteiger partial charge in [-0.25, -0.2) is 0 Å². The summed E-state index contributed by atoms with van der Waals surface area (Å²) >= 11 is 0. The first-order chi connectivity index (χ1) is 12.8. The van der Waals surface area contributed by atoms with Crippen LogP contribution in [0.25, 0.3) is 0 Å². The van der Waals surface area contributed by atoms with Gasteiger partial charge in [-0.3, -0.25) is 14.4 Å². The van der Waals surface area contributed by atoms with E-state index < -0.39 is 11.9 Å². The summed E-state index contributed by atoms with van der Waals surface area (Å²) in [5.74, 6) is -1.61. The van der Waals surface area contributed by atoms with Gasteiger partial charge in [0, 0.05) is 38.3 Å². The van der Waals surface area contributed by atoms with Crippen LogP contribution in [0.4, 0.5) is 5.69 Å². The number of carboxylic acids is 1. The fourth-order valence-corrected chi connectivity index (χ4v) is 4.08. The minimum atomic E-state index is -0.936. The number of amides is 2. The Balaban J connectivity index is 1.76. The van der Waals surface area contributed by atoms with Crippen molar-refractivity contribution < 1.29 is 24.2 Å². The molecule has 2 amide bonds. The topological polar surface area (TPSA) is 87.1 Å². The van der Waals surface area contributed by atoms with Crippen molar-refractivity contribution in [1.29, 1.82) is 0 Å². The summed E-state index contributed by atoms with van der Waals surface area (Å²) in [7, 11) is 1.57. The molecule has 0 saturated carbocycles. The van der Waals surface area contributed by atoms with Gasteiger partial charge >= 0.3 is 5.97 Å². The summed E-state index contributed by atoms with van der Waals surface area (Å²) in [4.78, 5) is 40.1. The Kier molecular flexibility index (Phi) is 5.51. The summed E-state index contributed by atoms with van der Waals surface area (Å²) in [5.41, 5.74) is 2.97. The average Bonchev–Trinajstić information content (AvgIpc) is 3.20. The zero-order valence-electron chi connectivity index (χ0n) is 16.0. The Bertz CT molecular complexity index is 763. The van der Waals surface area contributed by atoms with Gasteiger partial charge in [0.25, 0.3) is 0 Å². The molecule has 2 aliphatic rings. The molecule has 1 N–H and O–H groups in total. The number of carbonyl (C=O) groups excluding carboxylic acids is 2. The molecule has 3 rings (SSSR count). The number of carbonyl (C=O) groups is 3. The van der Waals surface area contributed by atoms with Gasteiger partial charge in [-0.15, -0.1) is 0 Å². The van der Waals surface area contributed by atoms with Crippen LogP contribution in [-0.4, -0.2) is 60.1 Å². The molecule has 0 aromatic heterocycles. The Morgan fingerprint density at radius 2 is 2.00 bits per heavy atom. The molecule has 7 nitrogen and oxygen atoms in total. The van der Waals surface area contributed by atoms with Crippen molar-refractivity contribution in [1.82, 2.24) is 4.90 Å². The van der Waals surface area contributed by atoms with Crippen LogP contribution in [0, 0.1) is 19.8 Å².